The number of hydrogen-bond acceptors (Lipinski definition) is 5. The van der Waals surface area contributed by atoms with Crippen LogP contribution in [0.1, 0.15) is 0 Å². The summed E-state index contributed by atoms with van der Waals surface area (Å²) >= 11 is 0. The average molecular weight is 314 g/mol. The average Bonchev–Trinajstić information content (AvgIpc) is 2.53. The fourth-order valence-electron chi connectivity index (χ4n) is 2.54. The molecule has 7 heteroatoms. The molecule has 0 aliphatic rings. The van der Waals surface area contributed by atoms with Gasteiger partial charge in [-0.3, -0.25) is 9.59 Å². The van der Waals surface area contributed by atoms with Crippen LogP contribution >= 0.6 is 0 Å². The molecule has 0 N–H and O–H groups in total. The first-order valence-electron chi connectivity index (χ1n) is 7.25. The summed E-state index contributed by atoms with van der Waals surface area (Å²) in [5.74, 6) is 0. The Morgan fingerprint density at radius 3 is 2.39 bits per heavy atom. The van der Waals surface area contributed by atoms with Crippen LogP contribution in [0.5, 0.6) is 0 Å². The second-order valence-electron chi connectivity index (χ2n) is 5.47. The Bertz CT molecular complexity index is 988. The van der Waals surface area contributed by atoms with Crippen molar-refractivity contribution in [1.82, 2.24) is 14.2 Å². The van der Waals surface area contributed by atoms with E-state index < -0.39 is 0 Å². The number of ether oxygens (including phenoxy) is 1. The van der Waals surface area contributed by atoms with Crippen LogP contribution < -0.4 is 16.1 Å². The van der Waals surface area contributed by atoms with Crippen molar-refractivity contribution < 1.29 is 4.74 Å². The number of rotatable bonds is 4. The van der Waals surface area contributed by atoms with Crippen molar-refractivity contribution in [1.29, 1.82) is 0 Å². The maximum atomic E-state index is 12.6. The highest BCUT2D eigenvalue weighted by Gasteiger charge is 2.10. The summed E-state index contributed by atoms with van der Waals surface area (Å²) in [6.07, 6.45) is 3.37. The first-order chi connectivity index (χ1) is 11.0. The van der Waals surface area contributed by atoms with Gasteiger partial charge in [0.25, 0.3) is 11.1 Å². The van der Waals surface area contributed by atoms with Gasteiger partial charge in [-0.25, -0.2) is 9.66 Å². The van der Waals surface area contributed by atoms with Crippen molar-refractivity contribution >= 4 is 21.8 Å². The fourth-order valence-corrected chi connectivity index (χ4v) is 2.54. The molecule has 3 rings (SSSR count). The summed E-state index contributed by atoms with van der Waals surface area (Å²) in [5.41, 5.74) is 0.787. The van der Waals surface area contributed by atoms with Crippen molar-refractivity contribution in [2.24, 2.45) is 0 Å². The van der Waals surface area contributed by atoms with Crippen LogP contribution in [-0.4, -0.2) is 42.0 Å². The van der Waals surface area contributed by atoms with Gasteiger partial charge in [0.15, 0.2) is 0 Å². The van der Waals surface area contributed by atoms with Crippen molar-refractivity contribution in [3.63, 3.8) is 0 Å². The molecule has 0 bridgehead atoms. The SMILES string of the molecule is COCCn1ccc2nc3ccn(N(C)C)c(=O)c3cc2c1=O. The van der Waals surface area contributed by atoms with Crippen LogP contribution in [0.4, 0.5) is 0 Å². The van der Waals surface area contributed by atoms with Gasteiger partial charge in [-0.05, 0) is 18.2 Å². The Hall–Kier alpha value is -2.67. The van der Waals surface area contributed by atoms with Gasteiger partial charge in [0.2, 0.25) is 0 Å². The third kappa shape index (κ3) is 2.59. The summed E-state index contributed by atoms with van der Waals surface area (Å²) in [7, 11) is 5.14. The van der Waals surface area contributed by atoms with Gasteiger partial charge in [-0.15, -0.1) is 0 Å². The van der Waals surface area contributed by atoms with Crippen molar-refractivity contribution in [2.75, 3.05) is 32.8 Å². The van der Waals surface area contributed by atoms with E-state index in [4.69, 9.17) is 4.74 Å². The van der Waals surface area contributed by atoms with Gasteiger partial charge in [-0.2, -0.15) is 0 Å². The lowest BCUT2D eigenvalue weighted by molar-refractivity contribution is 0.186. The Balaban J connectivity index is 2.29. The third-order valence-electron chi connectivity index (χ3n) is 3.76. The molecule has 0 spiro atoms. The third-order valence-corrected chi connectivity index (χ3v) is 3.76. The van der Waals surface area contributed by atoms with E-state index in [9.17, 15) is 9.59 Å². The summed E-state index contributed by atoms with van der Waals surface area (Å²) in [5, 5.41) is 2.54. The molecule has 0 aliphatic carbocycles. The molecule has 3 aromatic rings. The molecule has 0 aliphatic heterocycles. The molecule has 0 saturated heterocycles. The maximum Gasteiger partial charge on any atom is 0.278 e. The molecule has 0 saturated carbocycles. The summed E-state index contributed by atoms with van der Waals surface area (Å²) in [6.45, 7) is 0.903. The van der Waals surface area contributed by atoms with Crippen molar-refractivity contribution in [3.8, 4) is 0 Å². The molecule has 120 valence electrons. The number of aromatic nitrogens is 3. The number of methoxy groups -OCH3 is 1. The van der Waals surface area contributed by atoms with Gasteiger partial charge in [0.1, 0.15) is 0 Å². The molecule has 0 aromatic carbocycles. The predicted molar refractivity (Wildman–Crippen MR) is 89.7 cm³/mol. The van der Waals surface area contributed by atoms with Gasteiger partial charge < -0.3 is 14.3 Å². The minimum atomic E-state index is -0.200. The zero-order chi connectivity index (χ0) is 16.6. The molecule has 0 fully saturated rings. The smallest absolute Gasteiger partial charge is 0.278 e. The fraction of sp³-hybridized carbons (Fsp3) is 0.312. The molecule has 0 atom stereocenters. The number of fused-ring (bicyclic) bond motifs is 2. The Morgan fingerprint density at radius 2 is 1.74 bits per heavy atom. The van der Waals surface area contributed by atoms with Gasteiger partial charge >= 0.3 is 0 Å². The van der Waals surface area contributed by atoms with E-state index in [-0.39, 0.29) is 11.1 Å². The van der Waals surface area contributed by atoms with Crippen LogP contribution in [0.25, 0.3) is 21.8 Å². The second-order valence-corrected chi connectivity index (χ2v) is 5.47. The minimum absolute atomic E-state index is 0.173. The van der Waals surface area contributed by atoms with Crippen LogP contribution in [0.3, 0.4) is 0 Å². The largest absolute Gasteiger partial charge is 0.383 e. The summed E-state index contributed by atoms with van der Waals surface area (Å²) < 4.78 is 8.05. The Labute approximate surface area is 132 Å². The minimum Gasteiger partial charge on any atom is -0.383 e. The number of pyridine rings is 3. The van der Waals surface area contributed by atoms with E-state index >= 15 is 0 Å². The highest BCUT2D eigenvalue weighted by Crippen LogP contribution is 2.14. The lowest BCUT2D eigenvalue weighted by Gasteiger charge is -2.16. The molecule has 0 unspecified atom stereocenters. The van der Waals surface area contributed by atoms with Crippen molar-refractivity contribution in [2.45, 2.75) is 6.54 Å². The molecule has 3 heterocycles. The first-order valence-corrected chi connectivity index (χ1v) is 7.25. The van der Waals surface area contributed by atoms with Gasteiger partial charge in [-0.1, -0.05) is 0 Å². The predicted octanol–water partition coefficient (Wildman–Crippen LogP) is 0.555. The quantitative estimate of drug-likeness (QED) is 0.658. The summed E-state index contributed by atoms with van der Waals surface area (Å²) in [6, 6.07) is 5.18. The Morgan fingerprint density at radius 1 is 1.09 bits per heavy atom. The molecule has 7 nitrogen and oxygen atoms in total. The van der Waals surface area contributed by atoms with E-state index in [2.05, 4.69) is 4.98 Å². The Kier molecular flexibility index (Phi) is 3.87. The van der Waals surface area contributed by atoms with Crippen molar-refractivity contribution in [3.05, 3.63) is 51.3 Å². The monoisotopic (exact) mass is 314 g/mol. The zero-order valence-electron chi connectivity index (χ0n) is 13.3. The van der Waals surface area contributed by atoms with Crippen LogP contribution in [0.15, 0.2) is 40.2 Å². The van der Waals surface area contributed by atoms with Crippen LogP contribution in [0.2, 0.25) is 0 Å². The summed E-state index contributed by atoms with van der Waals surface area (Å²) in [4.78, 5) is 29.5. The normalized spacial score (nSPS) is 11.3. The van der Waals surface area contributed by atoms with E-state index in [1.165, 1.54) is 4.68 Å². The van der Waals surface area contributed by atoms with E-state index in [0.717, 1.165) is 0 Å². The zero-order valence-corrected chi connectivity index (χ0v) is 13.3. The highest BCUT2D eigenvalue weighted by atomic mass is 16.5. The maximum absolute atomic E-state index is 12.6. The lowest BCUT2D eigenvalue weighted by atomic mass is 10.2. The molecule has 3 aromatic heterocycles. The van der Waals surface area contributed by atoms with Crippen LogP contribution in [0, 0.1) is 0 Å². The van der Waals surface area contributed by atoms with E-state index in [1.807, 2.05) is 0 Å². The topological polar surface area (TPSA) is 69.4 Å². The molecule has 0 radical (unpaired) electrons. The molecule has 0 amide bonds. The second kappa shape index (κ2) is 5.85. The van der Waals surface area contributed by atoms with Gasteiger partial charge in [0.05, 0.1) is 28.4 Å². The number of nitrogens with zero attached hydrogens (tertiary/aromatic N) is 4. The van der Waals surface area contributed by atoms with Gasteiger partial charge in [0, 0.05) is 40.1 Å². The standard InChI is InChI=1S/C16H18N4O3/c1-18(2)20-7-5-14-12(16(20)22)10-11-13(17-14)4-6-19(15(11)21)8-9-23-3/h4-7,10H,8-9H2,1-3H3. The lowest BCUT2D eigenvalue weighted by Crippen LogP contribution is -2.35. The highest BCUT2D eigenvalue weighted by molar-refractivity contribution is 5.91. The molecule has 23 heavy (non-hydrogen) atoms. The van der Waals surface area contributed by atoms with E-state index in [1.54, 1.807) is 61.4 Å². The molecular formula is C16H18N4O3. The first kappa shape index (κ1) is 15.2. The van der Waals surface area contributed by atoms with Crippen LogP contribution in [-0.2, 0) is 11.3 Å². The molecular weight excluding hydrogens is 296 g/mol. The van der Waals surface area contributed by atoms with E-state index in [0.29, 0.717) is 35.0 Å². The number of hydrogen-bond donors (Lipinski definition) is 0.